The molecule has 1 atom stereocenters. The average molecular weight is 274 g/mol. The van der Waals surface area contributed by atoms with Crippen LogP contribution in [-0.2, 0) is 11.2 Å². The van der Waals surface area contributed by atoms with E-state index in [-0.39, 0.29) is 17.4 Å². The fourth-order valence-corrected chi connectivity index (χ4v) is 3.27. The lowest BCUT2D eigenvalue weighted by atomic mass is 9.84. The van der Waals surface area contributed by atoms with Crippen LogP contribution < -0.4 is 10.5 Å². The maximum absolute atomic E-state index is 12.5. The Balaban J connectivity index is 1.61. The summed E-state index contributed by atoms with van der Waals surface area (Å²) in [7, 11) is 0. The maximum atomic E-state index is 12.5. The molecule has 1 fully saturated rings. The minimum absolute atomic E-state index is 0.0592. The number of para-hydroxylation sites is 1. The minimum atomic E-state index is -0.155. The Morgan fingerprint density at radius 3 is 2.95 bits per heavy atom. The van der Waals surface area contributed by atoms with Crippen molar-refractivity contribution in [2.45, 2.75) is 31.7 Å². The Kier molecular flexibility index (Phi) is 3.42. The number of benzene rings is 1. The third-order valence-corrected chi connectivity index (χ3v) is 4.30. The van der Waals surface area contributed by atoms with Crippen LogP contribution in [0.2, 0.25) is 0 Å². The number of ether oxygens (including phenoxy) is 1. The quantitative estimate of drug-likeness (QED) is 0.910. The normalized spacial score (nSPS) is 23.5. The summed E-state index contributed by atoms with van der Waals surface area (Å²) in [5.41, 5.74) is 7.20. The van der Waals surface area contributed by atoms with E-state index in [1.54, 1.807) is 0 Å². The van der Waals surface area contributed by atoms with Crippen LogP contribution in [0.25, 0.3) is 0 Å². The molecule has 0 saturated carbocycles. The maximum Gasteiger partial charge on any atom is 0.229 e. The fraction of sp³-hybridized carbons (Fsp3) is 0.562. The minimum Gasteiger partial charge on any atom is -0.492 e. The van der Waals surface area contributed by atoms with Crippen molar-refractivity contribution in [3.8, 4) is 5.75 Å². The van der Waals surface area contributed by atoms with Crippen LogP contribution in [-0.4, -0.2) is 36.0 Å². The second-order valence-corrected chi connectivity index (χ2v) is 6.13. The van der Waals surface area contributed by atoms with Gasteiger partial charge in [-0.05, 0) is 24.5 Å². The highest BCUT2D eigenvalue weighted by Crippen LogP contribution is 2.30. The monoisotopic (exact) mass is 274 g/mol. The van der Waals surface area contributed by atoms with E-state index < -0.39 is 0 Å². The van der Waals surface area contributed by atoms with E-state index >= 15 is 0 Å². The summed E-state index contributed by atoms with van der Waals surface area (Å²) in [5, 5.41) is 0. The standard InChI is InChI=1S/C16H22N2O2/c1-2-7-16(17)10-18(11-16)15(19)13-8-12-5-3-4-6-14(12)20-9-13/h3-6,13H,2,7-11,17H2,1H3. The van der Waals surface area contributed by atoms with E-state index in [0.717, 1.165) is 30.6 Å². The van der Waals surface area contributed by atoms with Crippen molar-refractivity contribution in [3.63, 3.8) is 0 Å². The number of fused-ring (bicyclic) bond motifs is 1. The number of nitrogens with two attached hydrogens (primary N) is 1. The summed E-state index contributed by atoms with van der Waals surface area (Å²) < 4.78 is 5.70. The lowest BCUT2D eigenvalue weighted by molar-refractivity contribution is -0.144. The number of hydrogen-bond acceptors (Lipinski definition) is 3. The number of likely N-dealkylation sites (tertiary alicyclic amines) is 1. The van der Waals surface area contributed by atoms with Gasteiger partial charge in [0.25, 0.3) is 0 Å². The van der Waals surface area contributed by atoms with Gasteiger partial charge in [-0.25, -0.2) is 0 Å². The van der Waals surface area contributed by atoms with Crippen LogP contribution in [0.5, 0.6) is 5.75 Å². The molecule has 0 aliphatic carbocycles. The number of carbonyl (C=O) groups excluding carboxylic acids is 1. The molecular formula is C16H22N2O2. The van der Waals surface area contributed by atoms with E-state index in [2.05, 4.69) is 6.92 Å². The molecule has 2 aliphatic heterocycles. The molecule has 20 heavy (non-hydrogen) atoms. The summed E-state index contributed by atoms with van der Waals surface area (Å²) >= 11 is 0. The third kappa shape index (κ3) is 2.40. The van der Waals surface area contributed by atoms with Gasteiger partial charge in [-0.2, -0.15) is 0 Å². The second kappa shape index (κ2) is 5.09. The zero-order valence-electron chi connectivity index (χ0n) is 12.0. The number of amides is 1. The highest BCUT2D eigenvalue weighted by molar-refractivity contribution is 5.81. The summed E-state index contributed by atoms with van der Waals surface area (Å²) in [5.74, 6) is 1.05. The highest BCUT2D eigenvalue weighted by Gasteiger charge is 2.43. The summed E-state index contributed by atoms with van der Waals surface area (Å²) in [4.78, 5) is 14.4. The van der Waals surface area contributed by atoms with Gasteiger partial charge in [0.05, 0.1) is 11.5 Å². The molecule has 0 spiro atoms. The van der Waals surface area contributed by atoms with Crippen molar-refractivity contribution >= 4 is 5.91 Å². The van der Waals surface area contributed by atoms with Gasteiger partial charge in [0, 0.05) is 13.1 Å². The molecule has 1 amide bonds. The van der Waals surface area contributed by atoms with Crippen molar-refractivity contribution in [1.29, 1.82) is 0 Å². The van der Waals surface area contributed by atoms with Gasteiger partial charge in [0.1, 0.15) is 12.4 Å². The summed E-state index contributed by atoms with van der Waals surface area (Å²) in [6.07, 6.45) is 2.83. The van der Waals surface area contributed by atoms with Gasteiger partial charge in [-0.15, -0.1) is 0 Å². The van der Waals surface area contributed by atoms with E-state index in [1.165, 1.54) is 0 Å². The molecule has 0 radical (unpaired) electrons. The number of nitrogens with zero attached hydrogens (tertiary/aromatic N) is 1. The number of carbonyl (C=O) groups is 1. The first-order valence-corrected chi connectivity index (χ1v) is 7.40. The summed E-state index contributed by atoms with van der Waals surface area (Å²) in [6, 6.07) is 7.95. The first kappa shape index (κ1) is 13.4. The second-order valence-electron chi connectivity index (χ2n) is 6.13. The molecule has 1 aromatic rings. The summed E-state index contributed by atoms with van der Waals surface area (Å²) in [6.45, 7) is 4.00. The van der Waals surface area contributed by atoms with Gasteiger partial charge in [-0.1, -0.05) is 31.5 Å². The molecule has 1 unspecified atom stereocenters. The molecular weight excluding hydrogens is 252 g/mol. The molecule has 0 bridgehead atoms. The molecule has 1 saturated heterocycles. The SMILES string of the molecule is CCCC1(N)CN(C(=O)C2COc3ccccc3C2)C1. The average Bonchev–Trinajstić information content (AvgIpc) is 2.43. The van der Waals surface area contributed by atoms with Gasteiger partial charge < -0.3 is 15.4 Å². The molecule has 2 N–H and O–H groups in total. The first-order chi connectivity index (χ1) is 9.61. The van der Waals surface area contributed by atoms with E-state index in [1.807, 2.05) is 29.2 Å². The molecule has 4 heteroatoms. The zero-order valence-corrected chi connectivity index (χ0v) is 12.0. The Morgan fingerprint density at radius 1 is 1.45 bits per heavy atom. The lowest BCUT2D eigenvalue weighted by Crippen LogP contribution is -2.69. The zero-order chi connectivity index (χ0) is 14.2. The van der Waals surface area contributed by atoms with Crippen molar-refractivity contribution in [2.75, 3.05) is 19.7 Å². The first-order valence-electron chi connectivity index (χ1n) is 7.40. The van der Waals surface area contributed by atoms with Crippen LogP contribution in [0.3, 0.4) is 0 Å². The molecule has 2 heterocycles. The van der Waals surface area contributed by atoms with Gasteiger partial charge in [0.15, 0.2) is 0 Å². The molecule has 2 aliphatic rings. The van der Waals surface area contributed by atoms with Crippen molar-refractivity contribution in [2.24, 2.45) is 11.7 Å². The highest BCUT2D eigenvalue weighted by atomic mass is 16.5. The van der Waals surface area contributed by atoms with Crippen LogP contribution in [0.4, 0.5) is 0 Å². The molecule has 1 aromatic carbocycles. The van der Waals surface area contributed by atoms with Crippen molar-refractivity contribution in [1.82, 2.24) is 4.90 Å². The van der Waals surface area contributed by atoms with Gasteiger partial charge >= 0.3 is 0 Å². The smallest absolute Gasteiger partial charge is 0.229 e. The Bertz CT molecular complexity index is 509. The van der Waals surface area contributed by atoms with Crippen LogP contribution in [0, 0.1) is 5.92 Å². The van der Waals surface area contributed by atoms with E-state index in [4.69, 9.17) is 10.5 Å². The van der Waals surface area contributed by atoms with Crippen LogP contribution in [0.1, 0.15) is 25.3 Å². The predicted octanol–water partition coefficient (Wildman–Crippen LogP) is 1.58. The van der Waals surface area contributed by atoms with Crippen LogP contribution >= 0.6 is 0 Å². The van der Waals surface area contributed by atoms with Crippen molar-refractivity contribution < 1.29 is 9.53 Å². The van der Waals surface area contributed by atoms with Crippen LogP contribution in [0.15, 0.2) is 24.3 Å². The topological polar surface area (TPSA) is 55.6 Å². The molecule has 3 rings (SSSR count). The predicted molar refractivity (Wildman–Crippen MR) is 77.5 cm³/mol. The Hall–Kier alpha value is -1.55. The van der Waals surface area contributed by atoms with Gasteiger partial charge in [-0.3, -0.25) is 4.79 Å². The van der Waals surface area contributed by atoms with E-state index in [9.17, 15) is 4.79 Å². The third-order valence-electron chi connectivity index (χ3n) is 4.30. The van der Waals surface area contributed by atoms with E-state index in [0.29, 0.717) is 19.7 Å². The molecule has 0 aromatic heterocycles. The fourth-order valence-electron chi connectivity index (χ4n) is 3.27. The molecule has 4 nitrogen and oxygen atoms in total. The molecule has 108 valence electrons. The Labute approximate surface area is 119 Å². The van der Waals surface area contributed by atoms with Crippen molar-refractivity contribution in [3.05, 3.63) is 29.8 Å². The lowest BCUT2D eigenvalue weighted by Gasteiger charge is -2.49. The van der Waals surface area contributed by atoms with Gasteiger partial charge in [0.2, 0.25) is 5.91 Å². The Morgan fingerprint density at radius 2 is 2.20 bits per heavy atom. The number of hydrogen-bond donors (Lipinski definition) is 1. The largest absolute Gasteiger partial charge is 0.492 e. The number of rotatable bonds is 3.